The average Bonchev–Trinajstić information content (AvgIpc) is 2.93. The van der Waals surface area contributed by atoms with Crippen LogP contribution < -0.4 is 16.2 Å². The zero-order chi connectivity index (χ0) is 13.7. The van der Waals surface area contributed by atoms with Crippen molar-refractivity contribution in [1.82, 2.24) is 10.9 Å². The minimum absolute atomic E-state index is 0.121. The number of anilines is 1. The molecule has 0 aliphatic carbocycles. The fraction of sp³-hybridized carbons (Fsp3) is 0.0769. The highest BCUT2D eigenvalue weighted by Gasteiger charge is 2.09. The third-order valence-corrected chi connectivity index (χ3v) is 2.34. The van der Waals surface area contributed by atoms with Gasteiger partial charge in [0, 0.05) is 5.69 Å². The van der Waals surface area contributed by atoms with Crippen molar-refractivity contribution in [2.75, 3.05) is 5.32 Å². The predicted molar refractivity (Wildman–Crippen MR) is 69.5 cm³/mol. The molecule has 0 aliphatic rings. The lowest BCUT2D eigenvalue weighted by molar-refractivity contribution is 0.0910. The normalized spacial score (nSPS) is 9.74. The van der Waals surface area contributed by atoms with Gasteiger partial charge in [-0.05, 0) is 31.2 Å². The smallest absolute Gasteiger partial charge is 0.337 e. The molecule has 0 aliphatic heterocycles. The van der Waals surface area contributed by atoms with Crippen molar-refractivity contribution in [2.45, 2.75) is 6.92 Å². The van der Waals surface area contributed by atoms with Crippen LogP contribution in [0.3, 0.4) is 0 Å². The Labute approximate surface area is 109 Å². The molecule has 3 amide bonds. The predicted octanol–water partition coefficient (Wildman–Crippen LogP) is 2.05. The summed E-state index contributed by atoms with van der Waals surface area (Å²) in [6, 6.07) is 9.82. The van der Waals surface area contributed by atoms with Gasteiger partial charge in [0.15, 0.2) is 5.76 Å². The van der Waals surface area contributed by atoms with E-state index >= 15 is 0 Å². The molecule has 0 saturated heterocycles. The third-order valence-electron chi connectivity index (χ3n) is 2.34. The lowest BCUT2D eigenvalue weighted by atomic mass is 10.2. The maximum atomic E-state index is 11.5. The molecule has 98 valence electrons. The number of carbonyl (C=O) groups is 2. The van der Waals surface area contributed by atoms with Crippen LogP contribution in [-0.2, 0) is 0 Å². The van der Waals surface area contributed by atoms with Gasteiger partial charge >= 0.3 is 11.9 Å². The summed E-state index contributed by atoms with van der Waals surface area (Å²) in [6.07, 6.45) is 1.38. The second-order valence-corrected chi connectivity index (χ2v) is 3.88. The molecule has 0 fully saturated rings. The van der Waals surface area contributed by atoms with E-state index in [2.05, 4.69) is 16.2 Å². The van der Waals surface area contributed by atoms with E-state index in [9.17, 15) is 9.59 Å². The molecule has 0 saturated carbocycles. The van der Waals surface area contributed by atoms with Crippen molar-refractivity contribution in [1.29, 1.82) is 0 Å². The molecule has 6 heteroatoms. The van der Waals surface area contributed by atoms with E-state index in [0.717, 1.165) is 5.56 Å². The number of furan rings is 1. The Morgan fingerprint density at radius 2 is 1.79 bits per heavy atom. The minimum Gasteiger partial charge on any atom is -0.459 e. The summed E-state index contributed by atoms with van der Waals surface area (Å²) in [6.45, 7) is 1.95. The molecule has 1 aromatic carbocycles. The third kappa shape index (κ3) is 3.60. The van der Waals surface area contributed by atoms with Crippen molar-refractivity contribution >= 4 is 17.6 Å². The molecule has 1 heterocycles. The summed E-state index contributed by atoms with van der Waals surface area (Å²) in [5.74, 6) is -0.403. The number of hydrogen-bond acceptors (Lipinski definition) is 3. The number of carbonyl (C=O) groups excluding carboxylic acids is 2. The highest BCUT2D eigenvalue weighted by Crippen LogP contribution is 2.07. The maximum absolute atomic E-state index is 11.5. The molecule has 0 bridgehead atoms. The topological polar surface area (TPSA) is 83.4 Å². The lowest BCUT2D eigenvalue weighted by Crippen LogP contribution is -2.43. The number of aryl methyl sites for hydroxylation is 1. The first-order valence-corrected chi connectivity index (χ1v) is 5.62. The molecule has 0 unspecified atom stereocenters. The van der Waals surface area contributed by atoms with Crippen LogP contribution >= 0.6 is 0 Å². The Kier molecular flexibility index (Phi) is 3.82. The van der Waals surface area contributed by atoms with Gasteiger partial charge in [0.05, 0.1) is 6.26 Å². The van der Waals surface area contributed by atoms with Crippen molar-refractivity contribution in [3.05, 3.63) is 54.0 Å². The SMILES string of the molecule is Cc1ccc(NC(=O)NNC(=O)c2ccco2)cc1. The zero-order valence-corrected chi connectivity index (χ0v) is 10.3. The molecule has 6 nitrogen and oxygen atoms in total. The van der Waals surface area contributed by atoms with Crippen LogP contribution in [0.1, 0.15) is 16.1 Å². The molecule has 0 spiro atoms. The summed E-state index contributed by atoms with van der Waals surface area (Å²) in [5, 5.41) is 2.57. The largest absolute Gasteiger partial charge is 0.459 e. The standard InChI is InChI=1S/C13H13N3O3/c1-9-4-6-10(7-5-9)14-13(18)16-15-12(17)11-3-2-8-19-11/h2-8H,1H3,(H,15,17)(H2,14,16,18). The monoisotopic (exact) mass is 259 g/mol. The van der Waals surface area contributed by atoms with Gasteiger partial charge in [-0.2, -0.15) is 0 Å². The number of nitrogens with one attached hydrogen (secondary N) is 3. The Balaban J connectivity index is 1.82. The highest BCUT2D eigenvalue weighted by atomic mass is 16.3. The van der Waals surface area contributed by atoms with Crippen molar-refractivity contribution < 1.29 is 14.0 Å². The van der Waals surface area contributed by atoms with E-state index in [0.29, 0.717) is 5.69 Å². The van der Waals surface area contributed by atoms with Crippen LogP contribution in [0.15, 0.2) is 47.1 Å². The summed E-state index contributed by atoms with van der Waals surface area (Å²) in [4.78, 5) is 23.0. The second-order valence-electron chi connectivity index (χ2n) is 3.88. The summed E-state index contributed by atoms with van der Waals surface area (Å²) in [5.41, 5.74) is 6.18. The van der Waals surface area contributed by atoms with Gasteiger partial charge in [0.25, 0.3) is 0 Å². The quantitative estimate of drug-likeness (QED) is 0.722. The number of benzene rings is 1. The maximum Gasteiger partial charge on any atom is 0.337 e. The minimum atomic E-state index is -0.538. The highest BCUT2D eigenvalue weighted by molar-refractivity contribution is 5.95. The van der Waals surface area contributed by atoms with E-state index in [1.165, 1.54) is 12.3 Å². The summed E-state index contributed by atoms with van der Waals surface area (Å²) in [7, 11) is 0. The molecule has 0 atom stereocenters. The number of hydrogen-bond donors (Lipinski definition) is 3. The molecular formula is C13H13N3O3. The Bertz CT molecular complexity index is 561. The number of amides is 3. The van der Waals surface area contributed by atoms with E-state index in [4.69, 9.17) is 4.42 Å². The van der Waals surface area contributed by atoms with Gasteiger partial charge in [0.1, 0.15) is 0 Å². The molecule has 0 radical (unpaired) electrons. The van der Waals surface area contributed by atoms with Crippen molar-refractivity contribution in [2.24, 2.45) is 0 Å². The first-order valence-electron chi connectivity index (χ1n) is 5.62. The zero-order valence-electron chi connectivity index (χ0n) is 10.3. The molecule has 2 rings (SSSR count). The van der Waals surface area contributed by atoms with E-state index in [1.807, 2.05) is 19.1 Å². The van der Waals surface area contributed by atoms with E-state index < -0.39 is 11.9 Å². The first kappa shape index (κ1) is 12.7. The van der Waals surface area contributed by atoms with Crippen LogP contribution in [-0.4, -0.2) is 11.9 Å². The lowest BCUT2D eigenvalue weighted by Gasteiger charge is -2.08. The molecule has 3 N–H and O–H groups in total. The van der Waals surface area contributed by atoms with Gasteiger partial charge < -0.3 is 9.73 Å². The molecule has 2 aromatic rings. The van der Waals surface area contributed by atoms with Gasteiger partial charge in [0.2, 0.25) is 0 Å². The fourth-order valence-corrected chi connectivity index (χ4v) is 1.38. The van der Waals surface area contributed by atoms with Crippen molar-refractivity contribution in [3.8, 4) is 0 Å². The molecule has 19 heavy (non-hydrogen) atoms. The Morgan fingerprint density at radius 1 is 1.05 bits per heavy atom. The van der Waals surface area contributed by atoms with E-state index in [-0.39, 0.29) is 5.76 Å². The van der Waals surface area contributed by atoms with E-state index in [1.54, 1.807) is 18.2 Å². The fourth-order valence-electron chi connectivity index (χ4n) is 1.38. The van der Waals surface area contributed by atoms with Crippen LogP contribution in [0.4, 0.5) is 10.5 Å². The Morgan fingerprint density at radius 3 is 2.42 bits per heavy atom. The first-order chi connectivity index (χ1) is 9.15. The summed E-state index contributed by atoms with van der Waals surface area (Å²) < 4.78 is 4.88. The van der Waals surface area contributed by atoms with Gasteiger partial charge in [-0.15, -0.1) is 0 Å². The number of hydrazine groups is 1. The second kappa shape index (κ2) is 5.72. The van der Waals surface area contributed by atoms with Gasteiger partial charge in [-0.1, -0.05) is 17.7 Å². The van der Waals surface area contributed by atoms with Gasteiger partial charge in [-0.3, -0.25) is 10.2 Å². The van der Waals surface area contributed by atoms with Crippen LogP contribution in [0.25, 0.3) is 0 Å². The van der Waals surface area contributed by atoms with Crippen molar-refractivity contribution in [3.63, 3.8) is 0 Å². The van der Waals surface area contributed by atoms with Crippen LogP contribution in [0, 0.1) is 6.92 Å². The molecular weight excluding hydrogens is 246 g/mol. The Hall–Kier alpha value is -2.76. The van der Waals surface area contributed by atoms with Crippen LogP contribution in [0.2, 0.25) is 0 Å². The molecule has 1 aromatic heterocycles. The van der Waals surface area contributed by atoms with Crippen LogP contribution in [0.5, 0.6) is 0 Å². The number of urea groups is 1. The van der Waals surface area contributed by atoms with Gasteiger partial charge in [-0.25, -0.2) is 10.2 Å². The average molecular weight is 259 g/mol. The summed E-state index contributed by atoms with van der Waals surface area (Å²) >= 11 is 0. The number of rotatable bonds is 2.